The van der Waals surface area contributed by atoms with Crippen LogP contribution in [0.2, 0.25) is 0 Å². The van der Waals surface area contributed by atoms with E-state index in [-0.39, 0.29) is 0 Å². The summed E-state index contributed by atoms with van der Waals surface area (Å²) in [6, 6.07) is 2.78. The van der Waals surface area contributed by atoms with Gasteiger partial charge >= 0.3 is 6.09 Å². The molecule has 0 radical (unpaired) electrons. The lowest BCUT2D eigenvalue weighted by molar-refractivity contribution is 0.210. The van der Waals surface area contributed by atoms with Crippen molar-refractivity contribution in [2.24, 2.45) is 0 Å². The SMILES string of the molecule is Cc1nc(-c2ccc(F)nc2)sc1NC(=O)O. The Hall–Kier alpha value is -2.02. The fourth-order valence-electron chi connectivity index (χ4n) is 1.24. The molecule has 0 fully saturated rings. The first-order valence-electron chi connectivity index (χ1n) is 4.65. The number of hydrogen-bond acceptors (Lipinski definition) is 4. The first kappa shape index (κ1) is 11.5. The molecule has 7 heteroatoms. The van der Waals surface area contributed by atoms with E-state index in [0.717, 1.165) is 0 Å². The Labute approximate surface area is 100.0 Å². The van der Waals surface area contributed by atoms with Gasteiger partial charge < -0.3 is 5.11 Å². The Morgan fingerprint density at radius 1 is 1.53 bits per heavy atom. The number of pyridine rings is 1. The molecule has 0 saturated carbocycles. The van der Waals surface area contributed by atoms with Gasteiger partial charge in [0, 0.05) is 11.8 Å². The molecule has 2 aromatic rings. The average Bonchev–Trinajstić information content (AvgIpc) is 2.60. The van der Waals surface area contributed by atoms with Crippen LogP contribution in [0.3, 0.4) is 0 Å². The summed E-state index contributed by atoms with van der Waals surface area (Å²) >= 11 is 1.18. The number of nitrogens with zero attached hydrogens (tertiary/aromatic N) is 2. The number of carboxylic acid groups (broad SMARTS) is 1. The van der Waals surface area contributed by atoms with Crippen LogP contribution in [0, 0.1) is 12.9 Å². The molecule has 2 aromatic heterocycles. The molecule has 0 aromatic carbocycles. The number of halogens is 1. The molecule has 2 heterocycles. The highest BCUT2D eigenvalue weighted by Gasteiger charge is 2.11. The molecule has 0 saturated heterocycles. The van der Waals surface area contributed by atoms with E-state index in [1.54, 1.807) is 13.0 Å². The molecule has 2 rings (SSSR count). The first-order chi connectivity index (χ1) is 8.06. The Morgan fingerprint density at radius 2 is 2.29 bits per heavy atom. The second-order valence-corrected chi connectivity index (χ2v) is 4.23. The second kappa shape index (κ2) is 4.46. The highest BCUT2D eigenvalue weighted by Crippen LogP contribution is 2.31. The summed E-state index contributed by atoms with van der Waals surface area (Å²) in [7, 11) is 0. The van der Waals surface area contributed by atoms with Gasteiger partial charge in [0.1, 0.15) is 10.0 Å². The zero-order valence-corrected chi connectivity index (χ0v) is 9.58. The van der Waals surface area contributed by atoms with Crippen LogP contribution in [0.25, 0.3) is 10.6 Å². The minimum Gasteiger partial charge on any atom is -0.465 e. The van der Waals surface area contributed by atoms with Crippen molar-refractivity contribution in [2.45, 2.75) is 6.92 Å². The zero-order valence-electron chi connectivity index (χ0n) is 8.77. The molecule has 88 valence electrons. The highest BCUT2D eigenvalue weighted by molar-refractivity contribution is 7.19. The van der Waals surface area contributed by atoms with E-state index >= 15 is 0 Å². The van der Waals surface area contributed by atoms with Crippen molar-refractivity contribution in [1.29, 1.82) is 0 Å². The lowest BCUT2D eigenvalue weighted by Gasteiger charge is -1.95. The number of carbonyl (C=O) groups is 1. The third-order valence-electron chi connectivity index (χ3n) is 1.99. The van der Waals surface area contributed by atoms with Gasteiger partial charge in [0.05, 0.1) is 5.69 Å². The Balaban J connectivity index is 2.34. The Kier molecular flexibility index (Phi) is 3.01. The number of aryl methyl sites for hydroxylation is 1. The quantitative estimate of drug-likeness (QED) is 0.807. The van der Waals surface area contributed by atoms with Crippen LogP contribution in [-0.2, 0) is 0 Å². The number of amides is 1. The maximum Gasteiger partial charge on any atom is 0.409 e. The first-order valence-corrected chi connectivity index (χ1v) is 5.47. The number of hydrogen-bond donors (Lipinski definition) is 2. The fraction of sp³-hybridized carbons (Fsp3) is 0.100. The van der Waals surface area contributed by atoms with E-state index in [2.05, 4.69) is 15.3 Å². The van der Waals surface area contributed by atoms with Gasteiger partial charge in [-0.2, -0.15) is 4.39 Å². The van der Waals surface area contributed by atoms with Gasteiger partial charge in [0.25, 0.3) is 0 Å². The standard InChI is InChI=1S/C10H8FN3O2S/c1-5-8(14-10(15)16)17-9(13-5)6-2-3-7(11)12-4-6/h2-4,14H,1H3,(H,15,16). The van der Waals surface area contributed by atoms with Gasteiger partial charge in [-0.25, -0.2) is 14.8 Å². The van der Waals surface area contributed by atoms with Crippen LogP contribution in [0.15, 0.2) is 18.3 Å². The van der Waals surface area contributed by atoms with Crippen molar-refractivity contribution < 1.29 is 14.3 Å². The predicted molar refractivity (Wildman–Crippen MR) is 61.7 cm³/mol. The predicted octanol–water partition coefficient (Wildman–Crippen LogP) is 2.74. The maximum absolute atomic E-state index is 12.6. The van der Waals surface area contributed by atoms with Crippen LogP contribution in [0.1, 0.15) is 5.69 Å². The topological polar surface area (TPSA) is 75.1 Å². The van der Waals surface area contributed by atoms with Gasteiger partial charge in [-0.1, -0.05) is 11.3 Å². The molecule has 0 atom stereocenters. The van der Waals surface area contributed by atoms with Crippen LogP contribution < -0.4 is 5.32 Å². The monoisotopic (exact) mass is 253 g/mol. The number of aromatic nitrogens is 2. The van der Waals surface area contributed by atoms with Crippen LogP contribution in [-0.4, -0.2) is 21.2 Å². The van der Waals surface area contributed by atoms with Gasteiger partial charge in [-0.15, -0.1) is 0 Å². The molecular formula is C10H8FN3O2S. The molecule has 0 aliphatic heterocycles. The summed E-state index contributed by atoms with van der Waals surface area (Å²) in [6.07, 6.45) is 0.221. The summed E-state index contributed by atoms with van der Waals surface area (Å²) in [4.78, 5) is 18.2. The summed E-state index contributed by atoms with van der Waals surface area (Å²) < 4.78 is 12.6. The third kappa shape index (κ3) is 2.56. The van der Waals surface area contributed by atoms with Gasteiger partial charge in [0.2, 0.25) is 5.95 Å². The number of anilines is 1. The Bertz CT molecular complexity index is 553. The maximum atomic E-state index is 12.6. The minimum absolute atomic E-state index is 0.455. The zero-order chi connectivity index (χ0) is 12.4. The van der Waals surface area contributed by atoms with E-state index in [9.17, 15) is 9.18 Å². The van der Waals surface area contributed by atoms with Crippen molar-refractivity contribution in [3.63, 3.8) is 0 Å². The molecule has 0 spiro atoms. The van der Waals surface area contributed by atoms with E-state index in [1.165, 1.54) is 23.6 Å². The summed E-state index contributed by atoms with van der Waals surface area (Å²) in [5.74, 6) is -0.564. The van der Waals surface area contributed by atoms with E-state index in [4.69, 9.17) is 5.11 Å². The molecule has 1 amide bonds. The average molecular weight is 253 g/mol. The van der Waals surface area contributed by atoms with Crippen molar-refractivity contribution in [3.05, 3.63) is 30.0 Å². The lowest BCUT2D eigenvalue weighted by Crippen LogP contribution is -2.06. The van der Waals surface area contributed by atoms with Crippen LogP contribution in [0.5, 0.6) is 0 Å². The van der Waals surface area contributed by atoms with Crippen molar-refractivity contribution >= 4 is 22.4 Å². The van der Waals surface area contributed by atoms with Gasteiger partial charge in [-0.3, -0.25) is 5.32 Å². The highest BCUT2D eigenvalue weighted by atomic mass is 32.1. The number of thiazole rings is 1. The minimum atomic E-state index is -1.14. The fourth-order valence-corrected chi connectivity index (χ4v) is 2.18. The molecule has 0 aliphatic rings. The van der Waals surface area contributed by atoms with E-state index in [0.29, 0.717) is 21.3 Å². The Morgan fingerprint density at radius 3 is 2.88 bits per heavy atom. The van der Waals surface area contributed by atoms with Crippen molar-refractivity contribution in [2.75, 3.05) is 5.32 Å². The summed E-state index contributed by atoms with van der Waals surface area (Å²) in [5.41, 5.74) is 1.23. The molecule has 17 heavy (non-hydrogen) atoms. The smallest absolute Gasteiger partial charge is 0.409 e. The summed E-state index contributed by atoms with van der Waals surface area (Å²) in [5, 5.41) is 11.9. The molecule has 0 unspecified atom stereocenters. The normalized spacial score (nSPS) is 10.2. The van der Waals surface area contributed by atoms with Gasteiger partial charge in [-0.05, 0) is 19.1 Å². The van der Waals surface area contributed by atoms with Gasteiger partial charge in [0.15, 0.2) is 0 Å². The summed E-state index contributed by atoms with van der Waals surface area (Å²) in [6.45, 7) is 1.70. The number of nitrogens with one attached hydrogen (secondary N) is 1. The molecule has 5 nitrogen and oxygen atoms in total. The molecule has 0 bridgehead atoms. The molecule has 0 aliphatic carbocycles. The van der Waals surface area contributed by atoms with E-state index < -0.39 is 12.0 Å². The number of rotatable bonds is 2. The van der Waals surface area contributed by atoms with Crippen LogP contribution >= 0.6 is 11.3 Å². The largest absolute Gasteiger partial charge is 0.465 e. The molecule has 2 N–H and O–H groups in total. The van der Waals surface area contributed by atoms with E-state index in [1.807, 2.05) is 0 Å². The lowest BCUT2D eigenvalue weighted by atomic mass is 10.3. The third-order valence-corrected chi connectivity index (χ3v) is 3.11. The molecular weight excluding hydrogens is 245 g/mol. The second-order valence-electron chi connectivity index (χ2n) is 3.23. The van der Waals surface area contributed by atoms with Crippen molar-refractivity contribution in [3.8, 4) is 10.6 Å². The van der Waals surface area contributed by atoms with Crippen LogP contribution in [0.4, 0.5) is 14.2 Å². The van der Waals surface area contributed by atoms with Crippen molar-refractivity contribution in [1.82, 2.24) is 9.97 Å².